The third-order valence-corrected chi connectivity index (χ3v) is 3.23. The summed E-state index contributed by atoms with van der Waals surface area (Å²) >= 11 is 0. The molecule has 1 heterocycles. The summed E-state index contributed by atoms with van der Waals surface area (Å²) in [5.74, 6) is -1.91. The second-order valence-electron chi connectivity index (χ2n) is 5.13. The van der Waals surface area contributed by atoms with Crippen LogP contribution in [0.4, 0.5) is 4.39 Å². The zero-order valence-corrected chi connectivity index (χ0v) is 11.9. The summed E-state index contributed by atoms with van der Waals surface area (Å²) in [4.78, 5) is 23.2. The SMILES string of the molecule is CC(CC(=O)O)(NC(=O)Cc1ccon1)c1ccc(F)cc1. The van der Waals surface area contributed by atoms with Crippen LogP contribution >= 0.6 is 0 Å². The van der Waals surface area contributed by atoms with Gasteiger partial charge in [0.05, 0.1) is 24.1 Å². The zero-order chi connectivity index (χ0) is 16.2. The molecule has 1 amide bonds. The minimum atomic E-state index is -1.15. The Kier molecular flexibility index (Phi) is 4.55. The summed E-state index contributed by atoms with van der Waals surface area (Å²) in [6.45, 7) is 1.58. The van der Waals surface area contributed by atoms with Crippen molar-refractivity contribution in [1.29, 1.82) is 0 Å². The highest BCUT2D eigenvalue weighted by molar-refractivity contribution is 5.80. The lowest BCUT2D eigenvalue weighted by atomic mass is 9.88. The number of aromatic nitrogens is 1. The lowest BCUT2D eigenvalue weighted by molar-refractivity contribution is -0.139. The predicted octanol–water partition coefficient (Wildman–Crippen LogP) is 1.86. The van der Waals surface area contributed by atoms with E-state index in [4.69, 9.17) is 5.11 Å². The van der Waals surface area contributed by atoms with E-state index < -0.39 is 23.2 Å². The molecule has 0 fully saturated rings. The number of nitrogens with zero attached hydrogens (tertiary/aromatic N) is 1. The first-order valence-corrected chi connectivity index (χ1v) is 6.57. The molecule has 1 aromatic heterocycles. The Hall–Kier alpha value is -2.70. The first-order chi connectivity index (χ1) is 10.4. The van der Waals surface area contributed by atoms with Crippen LogP contribution in [0.25, 0.3) is 0 Å². The molecule has 22 heavy (non-hydrogen) atoms. The number of benzene rings is 1. The van der Waals surface area contributed by atoms with Crippen LogP contribution in [0, 0.1) is 5.82 Å². The molecule has 0 aliphatic rings. The highest BCUT2D eigenvalue weighted by Gasteiger charge is 2.31. The molecule has 2 rings (SSSR count). The van der Waals surface area contributed by atoms with Crippen molar-refractivity contribution in [1.82, 2.24) is 10.5 Å². The number of aliphatic carboxylic acids is 1. The molecule has 7 heteroatoms. The van der Waals surface area contributed by atoms with E-state index in [0.29, 0.717) is 11.3 Å². The van der Waals surface area contributed by atoms with Crippen molar-refractivity contribution < 1.29 is 23.6 Å². The van der Waals surface area contributed by atoms with E-state index in [9.17, 15) is 14.0 Å². The molecule has 1 aromatic carbocycles. The smallest absolute Gasteiger partial charge is 0.306 e. The summed E-state index contributed by atoms with van der Waals surface area (Å²) in [6, 6.07) is 6.90. The van der Waals surface area contributed by atoms with E-state index in [2.05, 4.69) is 15.0 Å². The fourth-order valence-electron chi connectivity index (χ4n) is 2.18. The number of carbonyl (C=O) groups is 2. The van der Waals surface area contributed by atoms with Crippen molar-refractivity contribution in [3.8, 4) is 0 Å². The van der Waals surface area contributed by atoms with Gasteiger partial charge in [0.2, 0.25) is 5.91 Å². The second kappa shape index (κ2) is 6.38. The first kappa shape index (κ1) is 15.7. The number of nitrogens with one attached hydrogen (secondary N) is 1. The summed E-state index contributed by atoms with van der Waals surface area (Å²) in [7, 11) is 0. The maximum Gasteiger partial charge on any atom is 0.306 e. The van der Waals surface area contributed by atoms with Gasteiger partial charge in [-0.05, 0) is 24.6 Å². The van der Waals surface area contributed by atoms with Crippen molar-refractivity contribution in [3.05, 3.63) is 53.7 Å². The Morgan fingerprint density at radius 3 is 2.55 bits per heavy atom. The van der Waals surface area contributed by atoms with Crippen molar-refractivity contribution in [2.75, 3.05) is 0 Å². The van der Waals surface area contributed by atoms with E-state index in [1.165, 1.54) is 30.5 Å². The molecule has 116 valence electrons. The molecule has 2 aromatic rings. The van der Waals surface area contributed by atoms with Gasteiger partial charge in [0.25, 0.3) is 0 Å². The number of carboxylic acids is 1. The molecule has 2 N–H and O–H groups in total. The number of carboxylic acid groups (broad SMARTS) is 1. The normalized spacial score (nSPS) is 13.4. The summed E-state index contributed by atoms with van der Waals surface area (Å²) in [5.41, 5.74) is -0.209. The number of rotatable bonds is 6. The Bertz CT molecular complexity index is 655. The van der Waals surface area contributed by atoms with Crippen LogP contribution < -0.4 is 5.32 Å². The van der Waals surface area contributed by atoms with Gasteiger partial charge in [0, 0.05) is 6.07 Å². The lowest BCUT2D eigenvalue weighted by Gasteiger charge is -2.30. The second-order valence-corrected chi connectivity index (χ2v) is 5.13. The first-order valence-electron chi connectivity index (χ1n) is 6.57. The molecule has 0 aliphatic carbocycles. The highest BCUT2D eigenvalue weighted by Crippen LogP contribution is 2.25. The van der Waals surface area contributed by atoms with E-state index >= 15 is 0 Å². The van der Waals surface area contributed by atoms with E-state index in [0.717, 1.165) is 0 Å². The molecule has 0 bridgehead atoms. The predicted molar refractivity (Wildman–Crippen MR) is 74.4 cm³/mol. The number of carbonyl (C=O) groups excluding carboxylic acids is 1. The molecular formula is C15H15FN2O4. The van der Waals surface area contributed by atoms with Crippen LogP contribution in [0.5, 0.6) is 0 Å². The Labute approximate surface area is 125 Å². The van der Waals surface area contributed by atoms with Crippen molar-refractivity contribution in [3.63, 3.8) is 0 Å². The van der Waals surface area contributed by atoms with E-state index in [-0.39, 0.29) is 12.8 Å². The Morgan fingerprint density at radius 2 is 2.00 bits per heavy atom. The fraction of sp³-hybridized carbons (Fsp3) is 0.267. The molecule has 0 spiro atoms. The van der Waals surface area contributed by atoms with Gasteiger partial charge >= 0.3 is 5.97 Å². The highest BCUT2D eigenvalue weighted by atomic mass is 19.1. The number of hydrogen-bond donors (Lipinski definition) is 2. The Balaban J connectivity index is 2.19. The van der Waals surface area contributed by atoms with Gasteiger partial charge in [-0.25, -0.2) is 4.39 Å². The average Bonchev–Trinajstić information content (AvgIpc) is 2.90. The standard InChI is InChI=1S/C15H15FN2O4/c1-15(9-14(20)21,10-2-4-11(16)5-3-10)17-13(19)8-12-6-7-22-18-12/h2-7H,8-9H2,1H3,(H,17,19)(H,20,21). The maximum absolute atomic E-state index is 13.0. The van der Waals surface area contributed by atoms with E-state index in [1.807, 2.05) is 0 Å². The number of amides is 1. The van der Waals surface area contributed by atoms with Crippen LogP contribution in [0.3, 0.4) is 0 Å². The number of halogens is 1. The van der Waals surface area contributed by atoms with E-state index in [1.54, 1.807) is 13.0 Å². The van der Waals surface area contributed by atoms with Crippen LogP contribution in [0.15, 0.2) is 41.1 Å². The molecule has 0 aliphatic heterocycles. The van der Waals surface area contributed by atoms with Gasteiger partial charge in [0.15, 0.2) is 0 Å². The van der Waals surface area contributed by atoms with Crippen LogP contribution in [-0.4, -0.2) is 22.1 Å². The minimum Gasteiger partial charge on any atom is -0.481 e. The molecule has 0 saturated carbocycles. The molecule has 1 atom stereocenters. The topological polar surface area (TPSA) is 92.4 Å². The average molecular weight is 306 g/mol. The van der Waals surface area contributed by atoms with Gasteiger partial charge in [-0.1, -0.05) is 17.3 Å². The maximum atomic E-state index is 13.0. The van der Waals surface area contributed by atoms with Crippen LogP contribution in [0.2, 0.25) is 0 Å². The monoisotopic (exact) mass is 306 g/mol. The van der Waals surface area contributed by atoms with Crippen LogP contribution in [-0.2, 0) is 21.5 Å². The largest absolute Gasteiger partial charge is 0.481 e. The van der Waals surface area contributed by atoms with Crippen molar-refractivity contribution >= 4 is 11.9 Å². The third-order valence-electron chi connectivity index (χ3n) is 3.23. The van der Waals surface area contributed by atoms with Crippen molar-refractivity contribution in [2.45, 2.75) is 25.3 Å². The van der Waals surface area contributed by atoms with Gasteiger partial charge in [-0.3, -0.25) is 9.59 Å². The molecular weight excluding hydrogens is 291 g/mol. The van der Waals surface area contributed by atoms with Gasteiger partial charge in [-0.15, -0.1) is 0 Å². The van der Waals surface area contributed by atoms with Gasteiger partial charge in [0.1, 0.15) is 12.1 Å². The zero-order valence-electron chi connectivity index (χ0n) is 11.9. The lowest BCUT2D eigenvalue weighted by Crippen LogP contribution is -2.45. The Morgan fingerprint density at radius 1 is 1.32 bits per heavy atom. The molecule has 0 saturated heterocycles. The molecule has 1 unspecified atom stereocenters. The number of hydrogen-bond acceptors (Lipinski definition) is 4. The quantitative estimate of drug-likeness (QED) is 0.850. The fourth-order valence-corrected chi connectivity index (χ4v) is 2.18. The van der Waals surface area contributed by atoms with Crippen LogP contribution in [0.1, 0.15) is 24.6 Å². The van der Waals surface area contributed by atoms with Gasteiger partial charge in [-0.2, -0.15) is 0 Å². The molecule has 0 radical (unpaired) electrons. The van der Waals surface area contributed by atoms with Gasteiger partial charge < -0.3 is 14.9 Å². The third kappa shape index (κ3) is 3.91. The summed E-state index contributed by atoms with van der Waals surface area (Å²) in [6.07, 6.45) is 0.981. The van der Waals surface area contributed by atoms with Crippen molar-refractivity contribution in [2.24, 2.45) is 0 Å². The summed E-state index contributed by atoms with van der Waals surface area (Å²) in [5, 5.41) is 15.4. The summed E-state index contributed by atoms with van der Waals surface area (Å²) < 4.78 is 17.7. The minimum absolute atomic E-state index is 0.0348. The molecule has 6 nitrogen and oxygen atoms in total.